The standard InChI is InChI=1S/C14H9Cl2F5N2O3/c15-11-9(7-1-3-8(4-2-7)26-6-25-5-24)10(12(16)23-22-11)13(17,18)14(19,20)21/h1-4,24H,5-6H2. The molecule has 1 N–H and O–H groups in total. The summed E-state index contributed by atoms with van der Waals surface area (Å²) in [7, 11) is 0. The maximum absolute atomic E-state index is 13.9. The van der Waals surface area contributed by atoms with Gasteiger partial charge in [-0.05, 0) is 17.7 Å². The van der Waals surface area contributed by atoms with Crippen molar-refractivity contribution in [1.29, 1.82) is 0 Å². The molecule has 142 valence electrons. The molecule has 2 rings (SSSR count). The molecule has 1 heterocycles. The molecule has 1 aromatic carbocycles. The Morgan fingerprint density at radius 2 is 1.54 bits per heavy atom. The van der Waals surface area contributed by atoms with Crippen LogP contribution in [0.25, 0.3) is 11.1 Å². The SMILES string of the molecule is OCOCOc1ccc(-c2c(Cl)nnc(Cl)c2C(F)(F)C(F)(F)F)cc1. The minimum Gasteiger partial charge on any atom is -0.467 e. The Morgan fingerprint density at radius 1 is 0.962 bits per heavy atom. The van der Waals surface area contributed by atoms with Crippen molar-refractivity contribution >= 4 is 23.2 Å². The normalized spacial score (nSPS) is 12.3. The highest BCUT2D eigenvalue weighted by atomic mass is 35.5. The third kappa shape index (κ3) is 4.14. The van der Waals surface area contributed by atoms with Crippen molar-refractivity contribution in [3.05, 3.63) is 40.1 Å². The summed E-state index contributed by atoms with van der Waals surface area (Å²) in [5, 5.41) is 13.0. The van der Waals surface area contributed by atoms with E-state index < -0.39 is 40.3 Å². The number of aliphatic hydroxyl groups excluding tert-OH is 1. The van der Waals surface area contributed by atoms with Crippen LogP contribution in [0.4, 0.5) is 22.0 Å². The summed E-state index contributed by atoms with van der Waals surface area (Å²) in [6.07, 6.45) is -5.91. The van der Waals surface area contributed by atoms with E-state index in [2.05, 4.69) is 14.9 Å². The molecule has 0 saturated carbocycles. The molecule has 0 aliphatic carbocycles. The Morgan fingerprint density at radius 3 is 2.08 bits per heavy atom. The van der Waals surface area contributed by atoms with Crippen LogP contribution in [0.15, 0.2) is 24.3 Å². The first-order chi connectivity index (χ1) is 12.1. The number of aromatic nitrogens is 2. The molecule has 12 heteroatoms. The van der Waals surface area contributed by atoms with Gasteiger partial charge < -0.3 is 14.6 Å². The van der Waals surface area contributed by atoms with Crippen LogP contribution in [-0.2, 0) is 10.7 Å². The van der Waals surface area contributed by atoms with Gasteiger partial charge in [0.15, 0.2) is 17.1 Å². The molecule has 0 aliphatic rings. The molecule has 0 amide bonds. The number of hydrogen-bond donors (Lipinski definition) is 1. The van der Waals surface area contributed by atoms with Gasteiger partial charge in [-0.15, -0.1) is 10.2 Å². The van der Waals surface area contributed by atoms with Crippen LogP contribution in [0.1, 0.15) is 5.56 Å². The van der Waals surface area contributed by atoms with Crippen molar-refractivity contribution in [2.45, 2.75) is 12.1 Å². The number of hydrogen-bond acceptors (Lipinski definition) is 5. The average molecular weight is 419 g/mol. The molecule has 0 bridgehead atoms. The predicted molar refractivity (Wildman–Crippen MR) is 81.1 cm³/mol. The first-order valence-corrected chi connectivity index (χ1v) is 7.43. The molecule has 2 aromatic rings. The number of ether oxygens (including phenoxy) is 2. The van der Waals surface area contributed by atoms with E-state index in [0.29, 0.717) is 0 Å². The first kappa shape index (κ1) is 20.6. The van der Waals surface area contributed by atoms with E-state index in [1.165, 1.54) is 24.3 Å². The quantitative estimate of drug-likeness (QED) is 0.427. The van der Waals surface area contributed by atoms with Crippen LogP contribution < -0.4 is 4.74 Å². The third-order valence-electron chi connectivity index (χ3n) is 3.10. The van der Waals surface area contributed by atoms with E-state index in [1.807, 2.05) is 0 Å². The zero-order chi connectivity index (χ0) is 19.5. The molecule has 0 aliphatic heterocycles. The maximum atomic E-state index is 13.9. The molecule has 1 aromatic heterocycles. The highest BCUT2D eigenvalue weighted by Gasteiger charge is 2.61. The zero-order valence-electron chi connectivity index (χ0n) is 12.5. The zero-order valence-corrected chi connectivity index (χ0v) is 14.0. The summed E-state index contributed by atoms with van der Waals surface area (Å²) in [5.74, 6) is -5.10. The lowest BCUT2D eigenvalue weighted by atomic mass is 9.98. The van der Waals surface area contributed by atoms with Crippen molar-refractivity contribution in [3.8, 4) is 16.9 Å². The van der Waals surface area contributed by atoms with E-state index in [1.54, 1.807) is 0 Å². The van der Waals surface area contributed by atoms with Crippen LogP contribution in [0.5, 0.6) is 5.75 Å². The number of nitrogens with zero attached hydrogens (tertiary/aromatic N) is 2. The third-order valence-corrected chi connectivity index (χ3v) is 3.63. The van der Waals surface area contributed by atoms with Crippen molar-refractivity contribution in [2.24, 2.45) is 0 Å². The van der Waals surface area contributed by atoms with Crippen molar-refractivity contribution in [1.82, 2.24) is 10.2 Å². The van der Waals surface area contributed by atoms with Gasteiger partial charge in [-0.2, -0.15) is 22.0 Å². The van der Waals surface area contributed by atoms with Crippen LogP contribution in [0.3, 0.4) is 0 Å². The van der Waals surface area contributed by atoms with E-state index in [-0.39, 0.29) is 18.1 Å². The molecule has 0 unspecified atom stereocenters. The Hall–Kier alpha value is -1.75. The molecule has 5 nitrogen and oxygen atoms in total. The molecular formula is C14H9Cl2F5N2O3. The Balaban J connectivity index is 2.51. The Labute approximate surface area is 153 Å². The second kappa shape index (κ2) is 7.87. The minimum atomic E-state index is -5.91. The van der Waals surface area contributed by atoms with E-state index >= 15 is 0 Å². The summed E-state index contributed by atoms with van der Waals surface area (Å²) >= 11 is 11.2. The van der Waals surface area contributed by atoms with Crippen LogP contribution >= 0.6 is 23.2 Å². The molecule has 0 saturated heterocycles. The minimum absolute atomic E-state index is 0.110. The van der Waals surface area contributed by atoms with Crippen LogP contribution in [-0.4, -0.2) is 35.1 Å². The largest absolute Gasteiger partial charge is 0.467 e. The second-order valence-corrected chi connectivity index (χ2v) is 5.44. The maximum Gasteiger partial charge on any atom is 0.458 e. The first-order valence-electron chi connectivity index (χ1n) is 6.68. The fraction of sp³-hybridized carbons (Fsp3) is 0.286. The number of alkyl halides is 5. The number of rotatable bonds is 6. The van der Waals surface area contributed by atoms with Gasteiger partial charge in [0.1, 0.15) is 12.5 Å². The van der Waals surface area contributed by atoms with Gasteiger partial charge in [0.2, 0.25) is 0 Å². The lowest BCUT2D eigenvalue weighted by Crippen LogP contribution is -2.35. The lowest BCUT2D eigenvalue weighted by Gasteiger charge is -2.23. The van der Waals surface area contributed by atoms with Crippen LogP contribution in [0, 0.1) is 0 Å². The Kier molecular flexibility index (Phi) is 6.22. The topological polar surface area (TPSA) is 64.5 Å². The highest BCUT2D eigenvalue weighted by molar-refractivity contribution is 6.34. The van der Waals surface area contributed by atoms with Gasteiger partial charge in [-0.3, -0.25) is 0 Å². The summed E-state index contributed by atoms with van der Waals surface area (Å²) in [6.45, 7) is -0.874. The molecule has 0 atom stereocenters. The summed E-state index contributed by atoms with van der Waals surface area (Å²) < 4.78 is 75.9. The van der Waals surface area contributed by atoms with Crippen molar-refractivity contribution in [3.63, 3.8) is 0 Å². The van der Waals surface area contributed by atoms with Gasteiger partial charge >= 0.3 is 12.1 Å². The molecule has 26 heavy (non-hydrogen) atoms. The lowest BCUT2D eigenvalue weighted by molar-refractivity contribution is -0.289. The van der Waals surface area contributed by atoms with Gasteiger partial charge in [-0.1, -0.05) is 35.3 Å². The van der Waals surface area contributed by atoms with Crippen molar-refractivity contribution in [2.75, 3.05) is 13.6 Å². The monoisotopic (exact) mass is 418 g/mol. The van der Waals surface area contributed by atoms with Gasteiger partial charge in [-0.25, -0.2) is 0 Å². The fourth-order valence-electron chi connectivity index (χ4n) is 1.95. The molecule has 0 radical (unpaired) electrons. The highest BCUT2D eigenvalue weighted by Crippen LogP contribution is 2.50. The molecular weight excluding hydrogens is 410 g/mol. The van der Waals surface area contributed by atoms with E-state index in [0.717, 1.165) is 0 Å². The van der Waals surface area contributed by atoms with Gasteiger partial charge in [0, 0.05) is 5.56 Å². The van der Waals surface area contributed by atoms with E-state index in [9.17, 15) is 22.0 Å². The summed E-state index contributed by atoms with van der Waals surface area (Å²) in [6, 6.07) is 4.92. The number of aliphatic hydroxyl groups is 1. The van der Waals surface area contributed by atoms with Gasteiger partial charge in [0.05, 0.1) is 5.56 Å². The number of benzene rings is 1. The summed E-state index contributed by atoms with van der Waals surface area (Å²) in [4.78, 5) is 0. The smallest absolute Gasteiger partial charge is 0.458 e. The molecule has 0 fully saturated rings. The fourth-order valence-corrected chi connectivity index (χ4v) is 2.44. The Bertz CT molecular complexity index is 772. The second-order valence-electron chi connectivity index (χ2n) is 4.72. The average Bonchev–Trinajstić information content (AvgIpc) is 2.56. The molecule has 0 spiro atoms. The summed E-state index contributed by atoms with van der Waals surface area (Å²) in [5.41, 5.74) is -2.41. The number of halogens is 7. The van der Waals surface area contributed by atoms with E-state index in [4.69, 9.17) is 33.0 Å². The predicted octanol–water partition coefficient (Wildman–Crippen LogP) is 4.41. The van der Waals surface area contributed by atoms with Crippen LogP contribution in [0.2, 0.25) is 10.3 Å². The van der Waals surface area contributed by atoms with Gasteiger partial charge in [0.25, 0.3) is 0 Å². The van der Waals surface area contributed by atoms with Crippen molar-refractivity contribution < 1.29 is 36.5 Å².